The van der Waals surface area contributed by atoms with Crippen LogP contribution in [-0.2, 0) is 6.42 Å². The number of aromatic nitrogens is 1. The molecule has 2 fully saturated rings. The Kier molecular flexibility index (Phi) is 2.01. The van der Waals surface area contributed by atoms with Crippen LogP contribution < -0.4 is 5.73 Å². The second-order valence-electron chi connectivity index (χ2n) is 5.26. The minimum atomic E-state index is 0.494. The third kappa shape index (κ3) is 1.45. The molecule has 1 aromatic rings. The zero-order chi connectivity index (χ0) is 10.4. The van der Waals surface area contributed by atoms with E-state index < -0.39 is 0 Å². The SMILES string of the molecule is Cc1c(CC2CC3CCC2C3)noc1N. The number of rotatable bonds is 2. The topological polar surface area (TPSA) is 52.0 Å². The maximum absolute atomic E-state index is 5.66. The third-order valence-corrected chi connectivity index (χ3v) is 4.40. The Labute approximate surface area is 90.0 Å². The van der Waals surface area contributed by atoms with Crippen LogP contribution in [0.25, 0.3) is 0 Å². The second kappa shape index (κ2) is 3.26. The van der Waals surface area contributed by atoms with Gasteiger partial charge in [-0.1, -0.05) is 11.6 Å². The lowest BCUT2D eigenvalue weighted by atomic mass is 9.85. The zero-order valence-electron chi connectivity index (χ0n) is 9.20. The molecule has 2 N–H and O–H groups in total. The van der Waals surface area contributed by atoms with Crippen molar-refractivity contribution in [1.82, 2.24) is 5.16 Å². The van der Waals surface area contributed by atoms with Gasteiger partial charge in [0.05, 0.1) is 5.69 Å². The van der Waals surface area contributed by atoms with Crippen molar-refractivity contribution in [3.05, 3.63) is 11.3 Å². The molecule has 0 aromatic carbocycles. The first-order valence-corrected chi connectivity index (χ1v) is 5.94. The lowest BCUT2D eigenvalue weighted by Crippen LogP contribution is -2.13. The van der Waals surface area contributed by atoms with E-state index >= 15 is 0 Å². The second-order valence-corrected chi connectivity index (χ2v) is 5.26. The lowest BCUT2D eigenvalue weighted by Gasteiger charge is -2.20. The highest BCUT2D eigenvalue weighted by atomic mass is 16.5. The molecule has 3 unspecified atom stereocenters. The molecule has 3 heteroatoms. The van der Waals surface area contributed by atoms with E-state index in [1.165, 1.54) is 25.7 Å². The number of nitrogens with two attached hydrogens (primary N) is 1. The highest BCUT2D eigenvalue weighted by Crippen LogP contribution is 2.49. The lowest BCUT2D eigenvalue weighted by molar-refractivity contribution is 0.322. The fourth-order valence-corrected chi connectivity index (χ4v) is 3.45. The Hall–Kier alpha value is -0.990. The summed E-state index contributed by atoms with van der Waals surface area (Å²) in [6.07, 6.45) is 6.82. The van der Waals surface area contributed by atoms with E-state index in [0.717, 1.165) is 35.4 Å². The van der Waals surface area contributed by atoms with Crippen LogP contribution in [0.4, 0.5) is 5.88 Å². The molecule has 1 heterocycles. The smallest absolute Gasteiger partial charge is 0.225 e. The Morgan fingerprint density at radius 3 is 2.80 bits per heavy atom. The standard InChI is InChI=1S/C12H18N2O/c1-7-11(14-15-12(7)13)6-10-5-8-2-3-9(10)4-8/h8-10H,2-6,13H2,1H3. The number of hydrogen-bond acceptors (Lipinski definition) is 3. The van der Waals surface area contributed by atoms with Crippen molar-refractivity contribution < 1.29 is 4.52 Å². The third-order valence-electron chi connectivity index (χ3n) is 4.40. The predicted octanol–water partition coefficient (Wildman–Crippen LogP) is 2.54. The van der Waals surface area contributed by atoms with Gasteiger partial charge < -0.3 is 10.3 Å². The van der Waals surface area contributed by atoms with Crippen molar-refractivity contribution in [1.29, 1.82) is 0 Å². The number of hydrogen-bond donors (Lipinski definition) is 1. The van der Waals surface area contributed by atoms with Crippen molar-refractivity contribution >= 4 is 5.88 Å². The van der Waals surface area contributed by atoms with Gasteiger partial charge in [0.25, 0.3) is 0 Å². The molecule has 2 aliphatic carbocycles. The van der Waals surface area contributed by atoms with Gasteiger partial charge in [0.1, 0.15) is 0 Å². The van der Waals surface area contributed by atoms with Crippen LogP contribution in [0.15, 0.2) is 4.52 Å². The van der Waals surface area contributed by atoms with Gasteiger partial charge in [0, 0.05) is 5.56 Å². The zero-order valence-corrected chi connectivity index (χ0v) is 9.20. The fourth-order valence-electron chi connectivity index (χ4n) is 3.45. The van der Waals surface area contributed by atoms with Crippen molar-refractivity contribution in [3.63, 3.8) is 0 Å². The summed E-state index contributed by atoms with van der Waals surface area (Å²) in [7, 11) is 0. The predicted molar refractivity (Wildman–Crippen MR) is 58.3 cm³/mol. The molecule has 2 saturated carbocycles. The molecule has 3 atom stereocenters. The Morgan fingerprint density at radius 2 is 2.27 bits per heavy atom. The van der Waals surface area contributed by atoms with Gasteiger partial charge in [-0.05, 0) is 50.4 Å². The van der Waals surface area contributed by atoms with Crippen LogP contribution in [0, 0.1) is 24.7 Å². The molecule has 0 saturated heterocycles. The Bertz CT molecular complexity index is 372. The molecule has 0 radical (unpaired) electrons. The molecule has 0 spiro atoms. The van der Waals surface area contributed by atoms with Crippen molar-refractivity contribution in [3.8, 4) is 0 Å². The summed E-state index contributed by atoms with van der Waals surface area (Å²) in [5.41, 5.74) is 7.80. The van der Waals surface area contributed by atoms with Crippen LogP contribution in [0.5, 0.6) is 0 Å². The summed E-state index contributed by atoms with van der Waals surface area (Å²) >= 11 is 0. The van der Waals surface area contributed by atoms with Crippen LogP contribution in [0.3, 0.4) is 0 Å². The molecule has 2 bridgehead atoms. The fraction of sp³-hybridized carbons (Fsp3) is 0.750. The highest BCUT2D eigenvalue weighted by molar-refractivity contribution is 5.37. The van der Waals surface area contributed by atoms with E-state index in [4.69, 9.17) is 10.3 Å². The van der Waals surface area contributed by atoms with Gasteiger partial charge in [-0.25, -0.2) is 0 Å². The van der Waals surface area contributed by atoms with Gasteiger partial charge in [0.15, 0.2) is 0 Å². The summed E-state index contributed by atoms with van der Waals surface area (Å²) in [6.45, 7) is 2.01. The summed E-state index contributed by atoms with van der Waals surface area (Å²) in [4.78, 5) is 0. The Morgan fingerprint density at radius 1 is 1.40 bits per heavy atom. The minimum Gasteiger partial charge on any atom is -0.367 e. The van der Waals surface area contributed by atoms with Gasteiger partial charge in [-0.2, -0.15) is 0 Å². The molecule has 82 valence electrons. The summed E-state index contributed by atoms with van der Waals surface area (Å²) in [5.74, 6) is 3.29. The van der Waals surface area contributed by atoms with E-state index in [-0.39, 0.29) is 0 Å². The molecule has 0 aliphatic heterocycles. The van der Waals surface area contributed by atoms with Gasteiger partial charge in [0.2, 0.25) is 5.88 Å². The summed E-state index contributed by atoms with van der Waals surface area (Å²) in [6, 6.07) is 0. The maximum Gasteiger partial charge on any atom is 0.225 e. The molecule has 2 aliphatic rings. The molecule has 1 aromatic heterocycles. The van der Waals surface area contributed by atoms with Crippen molar-refractivity contribution in [2.24, 2.45) is 17.8 Å². The molecular weight excluding hydrogens is 188 g/mol. The number of fused-ring (bicyclic) bond motifs is 2. The molecule has 3 nitrogen and oxygen atoms in total. The number of nitrogen functional groups attached to an aromatic ring is 1. The summed E-state index contributed by atoms with van der Waals surface area (Å²) in [5, 5.41) is 4.06. The maximum atomic E-state index is 5.66. The van der Waals surface area contributed by atoms with Gasteiger partial charge in [-0.3, -0.25) is 0 Å². The molecule has 3 rings (SSSR count). The van der Waals surface area contributed by atoms with Crippen LogP contribution in [0.1, 0.15) is 36.9 Å². The van der Waals surface area contributed by atoms with Crippen LogP contribution in [0.2, 0.25) is 0 Å². The first kappa shape index (κ1) is 9.25. The quantitative estimate of drug-likeness (QED) is 0.809. The van der Waals surface area contributed by atoms with E-state index in [1.54, 1.807) is 0 Å². The first-order valence-electron chi connectivity index (χ1n) is 5.94. The largest absolute Gasteiger partial charge is 0.367 e. The first-order chi connectivity index (χ1) is 7.24. The average Bonchev–Trinajstić information content (AvgIpc) is 2.89. The Balaban J connectivity index is 1.73. The minimum absolute atomic E-state index is 0.494. The number of anilines is 1. The normalized spacial score (nSPS) is 33.8. The van der Waals surface area contributed by atoms with Crippen LogP contribution in [-0.4, -0.2) is 5.16 Å². The van der Waals surface area contributed by atoms with E-state index in [0.29, 0.717) is 5.88 Å². The van der Waals surface area contributed by atoms with E-state index in [9.17, 15) is 0 Å². The molecular formula is C12H18N2O. The molecule has 15 heavy (non-hydrogen) atoms. The van der Waals surface area contributed by atoms with E-state index in [2.05, 4.69) is 5.16 Å². The number of nitrogens with zero attached hydrogens (tertiary/aromatic N) is 1. The average molecular weight is 206 g/mol. The van der Waals surface area contributed by atoms with E-state index in [1.807, 2.05) is 6.92 Å². The highest BCUT2D eigenvalue weighted by Gasteiger charge is 2.39. The van der Waals surface area contributed by atoms with Crippen LogP contribution >= 0.6 is 0 Å². The van der Waals surface area contributed by atoms with Gasteiger partial charge >= 0.3 is 0 Å². The summed E-state index contributed by atoms with van der Waals surface area (Å²) < 4.78 is 5.01. The molecule has 0 amide bonds. The van der Waals surface area contributed by atoms with Gasteiger partial charge in [-0.15, -0.1) is 0 Å². The van der Waals surface area contributed by atoms with Crippen molar-refractivity contribution in [2.75, 3.05) is 5.73 Å². The van der Waals surface area contributed by atoms with Crippen molar-refractivity contribution in [2.45, 2.75) is 39.0 Å². The monoisotopic (exact) mass is 206 g/mol.